The van der Waals surface area contributed by atoms with Crippen molar-refractivity contribution in [3.8, 4) is 0 Å². The third-order valence-corrected chi connectivity index (χ3v) is 4.36. The maximum absolute atomic E-state index is 12.1. The van der Waals surface area contributed by atoms with Gasteiger partial charge in [-0.2, -0.15) is 0 Å². The van der Waals surface area contributed by atoms with Crippen molar-refractivity contribution in [1.82, 2.24) is 9.80 Å². The summed E-state index contributed by atoms with van der Waals surface area (Å²) in [6, 6.07) is 9.73. The number of carbonyl (C=O) groups is 2. The predicted octanol–water partition coefficient (Wildman–Crippen LogP) is 1.48. The second-order valence-electron chi connectivity index (χ2n) is 6.37. The highest BCUT2D eigenvalue weighted by Gasteiger charge is 2.42. The number of likely N-dealkylation sites (tertiary alicyclic amines) is 1. The average Bonchev–Trinajstić information content (AvgIpc) is 2.48. The van der Waals surface area contributed by atoms with Crippen molar-refractivity contribution in [3.63, 3.8) is 0 Å². The lowest BCUT2D eigenvalue weighted by Gasteiger charge is -2.39. The van der Waals surface area contributed by atoms with E-state index >= 15 is 0 Å². The minimum atomic E-state index is -0.754. The van der Waals surface area contributed by atoms with Gasteiger partial charge in [-0.1, -0.05) is 30.3 Å². The van der Waals surface area contributed by atoms with E-state index in [0.29, 0.717) is 38.9 Å². The Morgan fingerprint density at radius 3 is 2.27 bits per heavy atom. The molecule has 22 heavy (non-hydrogen) atoms. The molecule has 120 valence electrons. The zero-order chi connectivity index (χ0) is 16.2. The highest BCUT2D eigenvalue weighted by Crippen LogP contribution is 2.35. The van der Waals surface area contributed by atoms with Crippen LogP contribution in [0.3, 0.4) is 0 Å². The van der Waals surface area contributed by atoms with Crippen LogP contribution in [-0.4, -0.2) is 60.5 Å². The number of carboxylic acids is 1. The Morgan fingerprint density at radius 1 is 1.18 bits per heavy atom. The molecule has 0 aromatic heterocycles. The van der Waals surface area contributed by atoms with Crippen LogP contribution in [0.4, 0.5) is 0 Å². The quantitative estimate of drug-likeness (QED) is 0.895. The van der Waals surface area contributed by atoms with Crippen molar-refractivity contribution in [2.24, 2.45) is 5.41 Å². The monoisotopic (exact) mass is 304 g/mol. The number of hydrogen-bond acceptors (Lipinski definition) is 3. The summed E-state index contributed by atoms with van der Waals surface area (Å²) in [6.07, 6.45) is 1.55. The minimum absolute atomic E-state index is 0.0729. The lowest BCUT2D eigenvalue weighted by molar-refractivity contribution is -0.154. The second kappa shape index (κ2) is 6.92. The van der Waals surface area contributed by atoms with Crippen LogP contribution < -0.4 is 0 Å². The topological polar surface area (TPSA) is 60.9 Å². The van der Waals surface area contributed by atoms with Crippen molar-refractivity contribution < 1.29 is 14.7 Å². The lowest BCUT2D eigenvalue weighted by Crippen LogP contribution is -2.49. The first-order valence-corrected chi connectivity index (χ1v) is 7.63. The lowest BCUT2D eigenvalue weighted by atomic mass is 9.74. The molecule has 1 aromatic rings. The molecule has 0 bridgehead atoms. The van der Waals surface area contributed by atoms with Gasteiger partial charge < -0.3 is 14.9 Å². The van der Waals surface area contributed by atoms with Gasteiger partial charge in [-0.3, -0.25) is 9.59 Å². The van der Waals surface area contributed by atoms with Gasteiger partial charge in [0, 0.05) is 13.1 Å². The molecule has 1 amide bonds. The summed E-state index contributed by atoms with van der Waals surface area (Å²) in [5.74, 6) is -0.681. The van der Waals surface area contributed by atoms with Crippen LogP contribution in [0.15, 0.2) is 30.3 Å². The smallest absolute Gasteiger partial charge is 0.310 e. The van der Waals surface area contributed by atoms with Crippen LogP contribution in [0.2, 0.25) is 0 Å². The van der Waals surface area contributed by atoms with Crippen molar-refractivity contribution >= 4 is 11.9 Å². The molecule has 0 radical (unpaired) electrons. The molecule has 0 spiro atoms. The van der Waals surface area contributed by atoms with Crippen molar-refractivity contribution in [2.75, 3.05) is 33.7 Å². The zero-order valence-electron chi connectivity index (χ0n) is 13.3. The van der Waals surface area contributed by atoms with E-state index in [1.165, 1.54) is 0 Å². The van der Waals surface area contributed by atoms with Gasteiger partial charge in [0.15, 0.2) is 0 Å². The summed E-state index contributed by atoms with van der Waals surface area (Å²) in [7, 11) is 3.72. The minimum Gasteiger partial charge on any atom is -0.481 e. The Kier molecular flexibility index (Phi) is 5.19. The highest BCUT2D eigenvalue weighted by molar-refractivity contribution is 5.79. The molecule has 0 atom stereocenters. The van der Waals surface area contributed by atoms with Gasteiger partial charge in [-0.25, -0.2) is 0 Å². The third-order valence-electron chi connectivity index (χ3n) is 4.36. The number of benzene rings is 1. The Balaban J connectivity index is 2.03. The number of rotatable bonds is 5. The van der Waals surface area contributed by atoms with E-state index in [9.17, 15) is 14.7 Å². The molecule has 1 aromatic carbocycles. The molecule has 0 unspecified atom stereocenters. The number of carboxylic acid groups (broad SMARTS) is 1. The summed E-state index contributed by atoms with van der Waals surface area (Å²) in [6.45, 7) is 1.41. The van der Waals surface area contributed by atoms with Crippen LogP contribution in [0.5, 0.6) is 0 Å². The van der Waals surface area contributed by atoms with E-state index in [1.807, 2.05) is 49.3 Å². The Hall–Kier alpha value is -1.88. The molecular formula is C17H24N2O3. The van der Waals surface area contributed by atoms with E-state index in [2.05, 4.69) is 0 Å². The third kappa shape index (κ3) is 3.85. The molecular weight excluding hydrogens is 280 g/mol. The maximum atomic E-state index is 12.1. The van der Waals surface area contributed by atoms with Crippen LogP contribution in [0, 0.1) is 5.41 Å². The molecule has 1 fully saturated rings. The molecule has 2 rings (SSSR count). The largest absolute Gasteiger partial charge is 0.481 e. The van der Waals surface area contributed by atoms with Gasteiger partial charge in [0.1, 0.15) is 0 Å². The number of piperidine rings is 1. The first-order valence-electron chi connectivity index (χ1n) is 7.63. The fourth-order valence-electron chi connectivity index (χ4n) is 3.01. The highest BCUT2D eigenvalue weighted by atomic mass is 16.4. The Labute approximate surface area is 131 Å². The number of aliphatic carboxylic acids is 1. The molecule has 5 nitrogen and oxygen atoms in total. The summed E-state index contributed by atoms with van der Waals surface area (Å²) in [5, 5.41) is 9.71. The molecule has 0 aliphatic carbocycles. The molecule has 0 saturated carbocycles. The standard InChI is InChI=1S/C17H24N2O3/c1-18(2)13-15(20)19-10-8-17(9-11-19,16(21)22)12-14-6-4-3-5-7-14/h3-7H,8-13H2,1-2H3,(H,21,22). The summed E-state index contributed by atoms with van der Waals surface area (Å²) < 4.78 is 0. The van der Waals surface area contributed by atoms with E-state index in [1.54, 1.807) is 4.90 Å². The average molecular weight is 304 g/mol. The van der Waals surface area contributed by atoms with Crippen LogP contribution >= 0.6 is 0 Å². The molecule has 1 N–H and O–H groups in total. The summed E-state index contributed by atoms with van der Waals surface area (Å²) in [5.41, 5.74) is 0.286. The van der Waals surface area contributed by atoms with Crippen LogP contribution in [0.1, 0.15) is 18.4 Å². The van der Waals surface area contributed by atoms with Crippen LogP contribution in [-0.2, 0) is 16.0 Å². The fourth-order valence-corrected chi connectivity index (χ4v) is 3.01. The van der Waals surface area contributed by atoms with Crippen molar-refractivity contribution in [1.29, 1.82) is 0 Å². The summed E-state index contributed by atoms with van der Waals surface area (Å²) in [4.78, 5) is 27.5. The maximum Gasteiger partial charge on any atom is 0.310 e. The van der Waals surface area contributed by atoms with Crippen LogP contribution in [0.25, 0.3) is 0 Å². The molecule has 1 heterocycles. The number of amides is 1. The molecule has 5 heteroatoms. The molecule has 1 aliphatic heterocycles. The number of nitrogens with zero attached hydrogens (tertiary/aromatic N) is 2. The second-order valence-corrected chi connectivity index (χ2v) is 6.37. The van der Waals surface area contributed by atoms with Crippen molar-refractivity contribution in [3.05, 3.63) is 35.9 Å². The first-order chi connectivity index (χ1) is 10.4. The van der Waals surface area contributed by atoms with E-state index in [-0.39, 0.29) is 5.91 Å². The number of carbonyl (C=O) groups excluding carboxylic acids is 1. The van der Waals surface area contributed by atoms with Crippen molar-refractivity contribution in [2.45, 2.75) is 19.3 Å². The van der Waals surface area contributed by atoms with Gasteiger partial charge >= 0.3 is 5.97 Å². The fraction of sp³-hybridized carbons (Fsp3) is 0.529. The number of likely N-dealkylation sites (N-methyl/N-ethyl adjacent to an activating group) is 1. The Morgan fingerprint density at radius 2 is 1.77 bits per heavy atom. The number of hydrogen-bond donors (Lipinski definition) is 1. The summed E-state index contributed by atoms with van der Waals surface area (Å²) >= 11 is 0. The Bertz CT molecular complexity index is 520. The molecule has 1 aliphatic rings. The van der Waals surface area contributed by atoms with E-state index in [4.69, 9.17) is 0 Å². The molecule has 1 saturated heterocycles. The van der Waals surface area contributed by atoms with E-state index < -0.39 is 11.4 Å². The first kappa shape index (κ1) is 16.5. The van der Waals surface area contributed by atoms with Gasteiger partial charge in [0.05, 0.1) is 12.0 Å². The van der Waals surface area contributed by atoms with Gasteiger partial charge in [0.2, 0.25) is 5.91 Å². The van der Waals surface area contributed by atoms with Gasteiger partial charge in [-0.05, 0) is 38.9 Å². The normalized spacial score (nSPS) is 17.5. The predicted molar refractivity (Wildman–Crippen MR) is 84.6 cm³/mol. The van der Waals surface area contributed by atoms with Gasteiger partial charge in [-0.15, -0.1) is 0 Å². The zero-order valence-corrected chi connectivity index (χ0v) is 13.3. The van der Waals surface area contributed by atoms with E-state index in [0.717, 1.165) is 5.56 Å². The van der Waals surface area contributed by atoms with Gasteiger partial charge in [0.25, 0.3) is 0 Å². The SMILES string of the molecule is CN(C)CC(=O)N1CCC(Cc2ccccc2)(C(=O)O)CC1.